The molecular weight excluding hydrogens is 697 g/mol. The molecule has 2 aliphatic heterocycles. The van der Waals surface area contributed by atoms with E-state index in [0.717, 1.165) is 102 Å². The first kappa shape index (κ1) is 34.3. The van der Waals surface area contributed by atoms with Crippen LogP contribution in [0.2, 0.25) is 0 Å². The van der Waals surface area contributed by atoms with Crippen LogP contribution in [0.25, 0.3) is 49.8 Å². The number of anilines is 3. The van der Waals surface area contributed by atoms with Crippen LogP contribution in [-0.4, -0.2) is 11.6 Å². The molecule has 0 fully saturated rings. The quantitative estimate of drug-likeness (QED) is 0.180. The highest BCUT2D eigenvalue weighted by Gasteiger charge is 2.40. The summed E-state index contributed by atoms with van der Waals surface area (Å²) < 4.78 is 14.2. The van der Waals surface area contributed by atoms with Crippen molar-refractivity contribution in [2.75, 3.05) is 9.80 Å². The average Bonchev–Trinajstić information content (AvgIpc) is 3.75. The minimum atomic E-state index is -0.319. The summed E-state index contributed by atoms with van der Waals surface area (Å²) >= 11 is 0. The highest BCUT2D eigenvalue weighted by Crippen LogP contribution is 2.49. The number of allylic oxidation sites excluding steroid dienone is 6. The van der Waals surface area contributed by atoms with Crippen molar-refractivity contribution < 1.29 is 8.83 Å². The molecule has 5 aromatic carbocycles. The second kappa shape index (κ2) is 13.6. The molecule has 4 nitrogen and oxygen atoms in total. The Morgan fingerprint density at radius 3 is 2.33 bits per heavy atom. The summed E-state index contributed by atoms with van der Waals surface area (Å²) in [5.74, 6) is 1.02. The maximum absolute atomic E-state index is 7.15. The normalized spacial score (nSPS) is 22.0. The Morgan fingerprint density at radius 2 is 1.47 bits per heavy atom. The molecule has 0 N–H and O–H groups in total. The van der Waals surface area contributed by atoms with Gasteiger partial charge in [-0.1, -0.05) is 110 Å². The fourth-order valence-corrected chi connectivity index (χ4v) is 10.3. The molecule has 57 heavy (non-hydrogen) atoms. The van der Waals surface area contributed by atoms with Gasteiger partial charge in [0.1, 0.15) is 11.3 Å². The Morgan fingerprint density at radius 1 is 0.702 bits per heavy atom. The molecule has 0 saturated heterocycles. The maximum Gasteiger partial charge on any atom is 0.179 e. The number of fused-ring (bicyclic) bond motifs is 12. The molecular formula is C53H48N2O2. The van der Waals surface area contributed by atoms with Gasteiger partial charge in [-0.05, 0) is 116 Å². The van der Waals surface area contributed by atoms with Crippen molar-refractivity contribution in [1.29, 1.82) is 0 Å². The molecule has 4 heteroatoms. The summed E-state index contributed by atoms with van der Waals surface area (Å²) in [6.45, 7) is 4.66. The molecule has 2 atom stereocenters. The topological polar surface area (TPSA) is 32.8 Å². The number of furan rings is 2. The lowest BCUT2D eigenvalue weighted by Crippen LogP contribution is -2.47. The van der Waals surface area contributed by atoms with E-state index >= 15 is 0 Å². The highest BCUT2D eigenvalue weighted by molar-refractivity contribution is 6.30. The van der Waals surface area contributed by atoms with E-state index in [2.05, 4.69) is 163 Å². The average molecular weight is 745 g/mol. The second-order valence-corrected chi connectivity index (χ2v) is 16.6. The van der Waals surface area contributed by atoms with Gasteiger partial charge in [-0.3, -0.25) is 0 Å². The SMILES string of the molecule is CCC1/C=C\C=C/CCCc2ccccc2N1c1ccc2c(c1)oc1c3oc4c(c3c3ccccc3c21)C=CC(C)(N1C2=C(CCC=C2)CCc2ccccc21)C4. The molecule has 0 saturated carbocycles. The molecule has 0 spiro atoms. The predicted molar refractivity (Wildman–Crippen MR) is 239 cm³/mol. The van der Waals surface area contributed by atoms with Crippen LogP contribution in [0.3, 0.4) is 0 Å². The number of para-hydroxylation sites is 2. The first-order valence-electron chi connectivity index (χ1n) is 21.1. The lowest BCUT2D eigenvalue weighted by atomic mass is 9.84. The van der Waals surface area contributed by atoms with Gasteiger partial charge in [0.25, 0.3) is 0 Å². The van der Waals surface area contributed by atoms with Gasteiger partial charge >= 0.3 is 0 Å². The zero-order valence-corrected chi connectivity index (χ0v) is 32.9. The molecule has 2 unspecified atom stereocenters. The highest BCUT2D eigenvalue weighted by atomic mass is 16.4. The Balaban J connectivity index is 1.08. The van der Waals surface area contributed by atoms with Crippen molar-refractivity contribution in [1.82, 2.24) is 0 Å². The van der Waals surface area contributed by atoms with Crippen LogP contribution < -0.4 is 9.80 Å². The smallest absolute Gasteiger partial charge is 0.179 e. The Bertz CT molecular complexity index is 2890. The lowest BCUT2D eigenvalue weighted by Gasteiger charge is -2.44. The molecule has 2 aliphatic carbocycles. The molecule has 4 heterocycles. The monoisotopic (exact) mass is 744 g/mol. The first-order valence-corrected chi connectivity index (χ1v) is 21.1. The van der Waals surface area contributed by atoms with E-state index in [1.807, 2.05) is 0 Å². The number of aryl methyl sites for hydroxylation is 2. The fraction of sp³-hybridized carbons (Fsp3) is 0.245. The van der Waals surface area contributed by atoms with Crippen LogP contribution in [0.5, 0.6) is 0 Å². The van der Waals surface area contributed by atoms with E-state index in [1.165, 1.54) is 44.5 Å². The molecule has 282 valence electrons. The van der Waals surface area contributed by atoms with Crippen LogP contribution in [0.4, 0.5) is 17.1 Å². The third-order valence-electron chi connectivity index (χ3n) is 13.1. The van der Waals surface area contributed by atoms with Crippen LogP contribution in [0.1, 0.15) is 74.8 Å². The fourth-order valence-electron chi connectivity index (χ4n) is 10.3. The maximum atomic E-state index is 7.15. The van der Waals surface area contributed by atoms with Gasteiger partial charge in [-0.2, -0.15) is 0 Å². The molecule has 0 bridgehead atoms. The van der Waals surface area contributed by atoms with Crippen LogP contribution in [-0.2, 0) is 19.3 Å². The van der Waals surface area contributed by atoms with Gasteiger partial charge < -0.3 is 18.6 Å². The zero-order valence-electron chi connectivity index (χ0n) is 32.9. The van der Waals surface area contributed by atoms with E-state index in [0.29, 0.717) is 0 Å². The van der Waals surface area contributed by atoms with Gasteiger partial charge in [0, 0.05) is 57.0 Å². The summed E-state index contributed by atoms with van der Waals surface area (Å²) in [5.41, 5.74) is 12.8. The third-order valence-corrected chi connectivity index (χ3v) is 13.1. The minimum absolute atomic E-state index is 0.188. The van der Waals surface area contributed by atoms with Crippen molar-refractivity contribution in [3.05, 3.63) is 167 Å². The predicted octanol–water partition coefficient (Wildman–Crippen LogP) is 14.2. The summed E-state index contributed by atoms with van der Waals surface area (Å²) in [5, 5.41) is 5.78. The molecule has 0 radical (unpaired) electrons. The van der Waals surface area contributed by atoms with Crippen LogP contribution in [0.15, 0.2) is 154 Å². The number of hydrogen-bond donors (Lipinski definition) is 0. The largest absolute Gasteiger partial charge is 0.456 e. The van der Waals surface area contributed by atoms with E-state index < -0.39 is 0 Å². The Hall–Kier alpha value is -6.00. The zero-order chi connectivity index (χ0) is 38.1. The number of benzene rings is 5. The molecule has 4 aliphatic rings. The molecule has 7 aromatic rings. The summed E-state index contributed by atoms with van der Waals surface area (Å²) in [6, 6.07) is 33.8. The number of hydrogen-bond acceptors (Lipinski definition) is 4. The van der Waals surface area contributed by atoms with Gasteiger partial charge in [-0.25, -0.2) is 0 Å². The minimum Gasteiger partial charge on any atom is -0.456 e. The van der Waals surface area contributed by atoms with Gasteiger partial charge in [0.15, 0.2) is 11.2 Å². The van der Waals surface area contributed by atoms with Crippen molar-refractivity contribution >= 4 is 66.8 Å². The standard InChI is InChI=1S/C53H48N2O2/c1-3-38-21-8-6-4-5-7-17-35-18-9-14-24-44(35)54(38)39-29-30-42-47(33-39)56-51-49(42)40-22-12-13-23-41(40)50-43-31-32-53(2,34-48(43)57-52(50)51)55-45-25-15-10-19-36(45)27-28-37-20-11-16-26-46(37)55/h4,6,8-10,12-16,18-19,21-26,29-33,38H,3,5,7,11,17,20,27-28,34H2,1-2H3/b6-4-,21-8-. The molecule has 0 amide bonds. The van der Waals surface area contributed by atoms with Crippen molar-refractivity contribution in [3.8, 4) is 0 Å². The van der Waals surface area contributed by atoms with Crippen molar-refractivity contribution in [2.24, 2.45) is 0 Å². The molecule has 11 rings (SSSR count). The second-order valence-electron chi connectivity index (χ2n) is 16.6. The summed E-state index contributed by atoms with van der Waals surface area (Å²) in [6.07, 6.45) is 28.0. The number of nitrogens with zero attached hydrogens (tertiary/aromatic N) is 2. The lowest BCUT2D eigenvalue weighted by molar-refractivity contribution is 0.460. The molecule has 2 aromatic heterocycles. The number of rotatable bonds is 3. The van der Waals surface area contributed by atoms with Crippen LogP contribution in [0, 0.1) is 0 Å². The van der Waals surface area contributed by atoms with Gasteiger partial charge in [-0.15, -0.1) is 0 Å². The van der Waals surface area contributed by atoms with E-state index in [1.54, 1.807) is 5.57 Å². The van der Waals surface area contributed by atoms with Crippen molar-refractivity contribution in [2.45, 2.75) is 83.2 Å². The summed E-state index contributed by atoms with van der Waals surface area (Å²) in [4.78, 5) is 5.14. The van der Waals surface area contributed by atoms with Gasteiger partial charge in [0.2, 0.25) is 0 Å². The van der Waals surface area contributed by atoms with Crippen molar-refractivity contribution in [3.63, 3.8) is 0 Å². The Kier molecular flexibility index (Phi) is 8.17. The van der Waals surface area contributed by atoms with E-state index in [9.17, 15) is 0 Å². The van der Waals surface area contributed by atoms with Gasteiger partial charge in [0.05, 0.1) is 11.6 Å². The first-order chi connectivity index (χ1) is 28.1. The van der Waals surface area contributed by atoms with Crippen LogP contribution >= 0.6 is 0 Å². The third kappa shape index (κ3) is 5.48. The Labute approximate surface area is 334 Å². The van der Waals surface area contributed by atoms with E-state index in [-0.39, 0.29) is 11.6 Å². The summed E-state index contributed by atoms with van der Waals surface area (Å²) in [7, 11) is 0. The van der Waals surface area contributed by atoms with E-state index in [4.69, 9.17) is 8.83 Å².